The molecule has 1 atom stereocenters. The average molecular weight is 586 g/mol. The van der Waals surface area contributed by atoms with Gasteiger partial charge in [-0.25, -0.2) is 4.98 Å². The van der Waals surface area contributed by atoms with Gasteiger partial charge in [0.2, 0.25) is 11.8 Å². The van der Waals surface area contributed by atoms with E-state index in [1.54, 1.807) is 23.5 Å². The number of amides is 3. The Bertz CT molecular complexity index is 1520. The second-order valence-electron chi connectivity index (χ2n) is 10.4. The van der Waals surface area contributed by atoms with Crippen LogP contribution in [0, 0.1) is 0 Å². The number of benzene rings is 2. The van der Waals surface area contributed by atoms with E-state index in [9.17, 15) is 14.4 Å². The first-order chi connectivity index (χ1) is 20.0. The number of carbonyl (C=O) groups is 3. The highest BCUT2D eigenvalue weighted by Gasteiger charge is 2.35. The molecule has 10 heteroatoms. The molecule has 2 aliphatic rings. The van der Waals surface area contributed by atoms with Crippen LogP contribution in [0.1, 0.15) is 45.4 Å². The van der Waals surface area contributed by atoms with Crippen molar-refractivity contribution in [1.82, 2.24) is 15.2 Å². The van der Waals surface area contributed by atoms with Gasteiger partial charge in [-0.2, -0.15) is 0 Å². The Morgan fingerprint density at radius 1 is 0.951 bits per heavy atom. The third kappa shape index (κ3) is 6.56. The maximum atomic E-state index is 13.0. The average Bonchev–Trinajstić information content (AvgIpc) is 3.75. The van der Waals surface area contributed by atoms with Gasteiger partial charge in [0.1, 0.15) is 0 Å². The molecular formula is C31H31N5O3S2. The number of anilines is 2. The highest BCUT2D eigenvalue weighted by molar-refractivity contribution is 7.18. The third-order valence-corrected chi connectivity index (χ3v) is 9.62. The van der Waals surface area contributed by atoms with E-state index in [2.05, 4.69) is 20.9 Å². The summed E-state index contributed by atoms with van der Waals surface area (Å²) in [4.78, 5) is 45.8. The number of aromatic nitrogens is 1. The Labute approximate surface area is 246 Å². The molecule has 0 saturated carbocycles. The summed E-state index contributed by atoms with van der Waals surface area (Å²) < 4.78 is 0. The van der Waals surface area contributed by atoms with E-state index in [1.807, 2.05) is 65.7 Å². The smallest absolute Gasteiger partial charge is 0.264 e. The molecule has 210 valence electrons. The summed E-state index contributed by atoms with van der Waals surface area (Å²) in [6, 6.07) is 21.3. The quantitative estimate of drug-likeness (QED) is 0.245. The maximum Gasteiger partial charge on any atom is 0.264 e. The van der Waals surface area contributed by atoms with E-state index < -0.39 is 0 Å². The van der Waals surface area contributed by atoms with Crippen LogP contribution in [0.25, 0.3) is 10.4 Å². The zero-order chi connectivity index (χ0) is 28.2. The number of likely N-dealkylation sites (tertiary alicyclic amines) is 1. The van der Waals surface area contributed by atoms with E-state index in [0.29, 0.717) is 35.8 Å². The summed E-state index contributed by atoms with van der Waals surface area (Å²) in [5, 5.41) is 10.8. The van der Waals surface area contributed by atoms with Gasteiger partial charge in [-0.05, 0) is 61.2 Å². The summed E-state index contributed by atoms with van der Waals surface area (Å²) in [5.74, 6) is 0.165. The fraction of sp³-hybridized carbons (Fsp3) is 0.290. The van der Waals surface area contributed by atoms with Crippen molar-refractivity contribution in [3.63, 3.8) is 0 Å². The topological polar surface area (TPSA) is 103 Å². The van der Waals surface area contributed by atoms with E-state index in [-0.39, 0.29) is 29.7 Å². The van der Waals surface area contributed by atoms with Crippen LogP contribution < -0.4 is 16.0 Å². The first-order valence-corrected chi connectivity index (χ1v) is 15.5. The van der Waals surface area contributed by atoms with Gasteiger partial charge in [0.15, 0.2) is 0 Å². The van der Waals surface area contributed by atoms with Crippen LogP contribution in [-0.4, -0.2) is 53.3 Å². The van der Waals surface area contributed by atoms with Crippen molar-refractivity contribution >= 4 is 51.1 Å². The van der Waals surface area contributed by atoms with Gasteiger partial charge in [0, 0.05) is 37.3 Å². The Morgan fingerprint density at radius 2 is 1.76 bits per heavy atom. The molecule has 0 unspecified atom stereocenters. The predicted octanol–water partition coefficient (Wildman–Crippen LogP) is 5.37. The number of nitrogens with one attached hydrogen (secondary N) is 3. The highest BCUT2D eigenvalue weighted by atomic mass is 32.1. The van der Waals surface area contributed by atoms with Crippen molar-refractivity contribution < 1.29 is 14.4 Å². The van der Waals surface area contributed by atoms with Gasteiger partial charge >= 0.3 is 0 Å². The van der Waals surface area contributed by atoms with Crippen LogP contribution in [0.4, 0.5) is 10.7 Å². The Balaban J connectivity index is 0.977. The largest absolute Gasteiger partial charge is 0.336 e. The van der Waals surface area contributed by atoms with Crippen LogP contribution in [-0.2, 0) is 16.0 Å². The molecule has 2 aromatic carbocycles. The number of aryl methyl sites for hydroxylation is 1. The molecule has 2 fully saturated rings. The molecular weight excluding hydrogens is 555 g/mol. The zero-order valence-corrected chi connectivity index (χ0v) is 24.1. The van der Waals surface area contributed by atoms with E-state index in [4.69, 9.17) is 0 Å². The molecule has 3 amide bonds. The lowest BCUT2D eigenvalue weighted by atomic mass is 10.0. The predicted molar refractivity (Wildman–Crippen MR) is 164 cm³/mol. The first kappa shape index (κ1) is 27.3. The normalized spacial score (nSPS) is 16.8. The number of thiazole rings is 1. The number of hydrogen-bond donors (Lipinski definition) is 3. The molecule has 0 bridgehead atoms. The van der Waals surface area contributed by atoms with Crippen LogP contribution >= 0.6 is 22.7 Å². The first-order valence-electron chi connectivity index (χ1n) is 13.8. The SMILES string of the molecule is O=C(CCc1ccccc1)Nc1ccc(-c2cnc(C3CN(C(=O)c4ccc(NC(=O)[C@@H]5CCCN5)s4)C3)s2)cc1. The molecule has 0 radical (unpaired) electrons. The fourth-order valence-corrected chi connectivity index (χ4v) is 6.93. The number of hydrogen-bond acceptors (Lipinski definition) is 7. The van der Waals surface area contributed by atoms with Crippen molar-refractivity contribution in [3.8, 4) is 10.4 Å². The Kier molecular flexibility index (Phi) is 8.22. The van der Waals surface area contributed by atoms with E-state index in [1.165, 1.54) is 11.3 Å². The summed E-state index contributed by atoms with van der Waals surface area (Å²) in [5.41, 5.74) is 2.97. The van der Waals surface area contributed by atoms with Gasteiger partial charge in [-0.1, -0.05) is 42.5 Å². The Morgan fingerprint density at radius 3 is 2.51 bits per heavy atom. The number of nitrogens with zero attached hydrogens (tertiary/aromatic N) is 2. The van der Waals surface area contributed by atoms with Crippen molar-refractivity contribution in [2.24, 2.45) is 0 Å². The molecule has 2 aliphatic heterocycles. The lowest BCUT2D eigenvalue weighted by molar-refractivity contribution is -0.118. The number of rotatable bonds is 9. The molecule has 0 spiro atoms. The van der Waals surface area contributed by atoms with Crippen molar-refractivity contribution in [3.05, 3.63) is 88.4 Å². The second kappa shape index (κ2) is 12.3. The molecule has 8 nitrogen and oxygen atoms in total. The lowest BCUT2D eigenvalue weighted by Crippen LogP contribution is -2.48. The van der Waals surface area contributed by atoms with Gasteiger partial charge in [-0.15, -0.1) is 22.7 Å². The van der Waals surface area contributed by atoms with Crippen molar-refractivity contribution in [2.75, 3.05) is 30.3 Å². The minimum absolute atomic E-state index is 0.00402. The van der Waals surface area contributed by atoms with Crippen LogP contribution in [0.5, 0.6) is 0 Å². The van der Waals surface area contributed by atoms with Crippen LogP contribution in [0.3, 0.4) is 0 Å². The molecule has 3 N–H and O–H groups in total. The standard InChI is InChI=1S/C31H31N5O3S2/c37-27(14-8-20-5-2-1-3-6-20)34-23-11-9-21(10-12-23)26-17-33-30(41-26)22-18-36(19-22)31(39)25-13-15-28(40-25)35-29(38)24-7-4-16-32-24/h1-3,5-6,9-13,15,17,22,24,32H,4,7-8,14,16,18-19H2,(H,34,37)(H,35,38)/t24-/m0/s1. The van der Waals surface area contributed by atoms with Crippen molar-refractivity contribution in [2.45, 2.75) is 37.6 Å². The molecule has 41 heavy (non-hydrogen) atoms. The number of thiophene rings is 1. The minimum Gasteiger partial charge on any atom is -0.336 e. The summed E-state index contributed by atoms with van der Waals surface area (Å²) in [7, 11) is 0. The molecule has 2 saturated heterocycles. The van der Waals surface area contributed by atoms with Gasteiger partial charge in [-0.3, -0.25) is 14.4 Å². The molecule has 0 aliphatic carbocycles. The van der Waals surface area contributed by atoms with E-state index in [0.717, 1.165) is 46.1 Å². The van der Waals surface area contributed by atoms with Crippen LogP contribution in [0.15, 0.2) is 72.9 Å². The summed E-state index contributed by atoms with van der Waals surface area (Å²) in [6.45, 7) is 2.13. The minimum atomic E-state index is -0.149. The monoisotopic (exact) mass is 585 g/mol. The summed E-state index contributed by atoms with van der Waals surface area (Å²) in [6.07, 6.45) is 4.88. The van der Waals surface area contributed by atoms with Gasteiger partial charge < -0.3 is 20.9 Å². The fourth-order valence-electron chi connectivity index (χ4n) is 5.05. The van der Waals surface area contributed by atoms with Gasteiger partial charge in [0.05, 0.1) is 25.8 Å². The molecule has 4 aromatic rings. The third-order valence-electron chi connectivity index (χ3n) is 7.42. The maximum absolute atomic E-state index is 13.0. The molecule has 6 rings (SSSR count). The molecule has 4 heterocycles. The Hall–Kier alpha value is -3.86. The highest BCUT2D eigenvalue weighted by Crippen LogP contribution is 2.36. The van der Waals surface area contributed by atoms with Crippen molar-refractivity contribution in [1.29, 1.82) is 0 Å². The zero-order valence-electron chi connectivity index (χ0n) is 22.5. The molecule has 2 aromatic heterocycles. The van der Waals surface area contributed by atoms with Gasteiger partial charge in [0.25, 0.3) is 5.91 Å². The second-order valence-corrected chi connectivity index (χ2v) is 12.5. The lowest BCUT2D eigenvalue weighted by Gasteiger charge is -2.37. The summed E-state index contributed by atoms with van der Waals surface area (Å²) >= 11 is 2.96. The van der Waals surface area contributed by atoms with Crippen LogP contribution in [0.2, 0.25) is 0 Å². The number of carbonyl (C=O) groups excluding carboxylic acids is 3. The van der Waals surface area contributed by atoms with E-state index >= 15 is 0 Å².